The molecule has 0 aliphatic carbocycles. The van der Waals surface area contributed by atoms with Gasteiger partial charge in [-0.05, 0) is 81.9 Å². The second kappa shape index (κ2) is 11.9. The molecule has 46 heavy (non-hydrogen) atoms. The van der Waals surface area contributed by atoms with Gasteiger partial charge in [0.1, 0.15) is 0 Å². The van der Waals surface area contributed by atoms with Crippen molar-refractivity contribution < 1.29 is 8.83 Å². The summed E-state index contributed by atoms with van der Waals surface area (Å²) < 4.78 is 12.1. The average molecular weight is 595 g/mol. The lowest BCUT2D eigenvalue weighted by Crippen LogP contribution is -1.82. The van der Waals surface area contributed by atoms with Gasteiger partial charge in [0, 0.05) is 22.3 Å². The molecule has 6 nitrogen and oxygen atoms in total. The molecule has 0 saturated carbocycles. The summed E-state index contributed by atoms with van der Waals surface area (Å²) in [5, 5.41) is 17.2. The van der Waals surface area contributed by atoms with E-state index in [0.29, 0.717) is 23.6 Å². The lowest BCUT2D eigenvalue weighted by Gasteiger charge is -2.04. The maximum Gasteiger partial charge on any atom is 0.248 e. The van der Waals surface area contributed by atoms with Crippen molar-refractivity contribution in [2.24, 2.45) is 0 Å². The summed E-state index contributed by atoms with van der Waals surface area (Å²) in [7, 11) is 0. The van der Waals surface area contributed by atoms with Crippen LogP contribution in [0.4, 0.5) is 0 Å². The first-order chi connectivity index (χ1) is 22.8. The molecule has 2 aromatic heterocycles. The molecule has 6 heteroatoms. The van der Waals surface area contributed by atoms with Crippen LogP contribution in [-0.4, -0.2) is 20.4 Å². The van der Waals surface area contributed by atoms with Gasteiger partial charge in [-0.1, -0.05) is 109 Å². The molecular weight excluding hydrogens is 568 g/mol. The van der Waals surface area contributed by atoms with Gasteiger partial charge < -0.3 is 8.83 Å². The summed E-state index contributed by atoms with van der Waals surface area (Å²) in [5.74, 6) is 1.93. The van der Waals surface area contributed by atoms with Gasteiger partial charge in [0.25, 0.3) is 0 Å². The van der Waals surface area contributed by atoms with Crippen molar-refractivity contribution in [1.29, 1.82) is 0 Å². The molecule has 0 N–H and O–H groups in total. The van der Waals surface area contributed by atoms with E-state index in [1.807, 2.05) is 109 Å². The third-order valence-electron chi connectivity index (χ3n) is 7.92. The van der Waals surface area contributed by atoms with Gasteiger partial charge in [0.05, 0.1) is 0 Å². The van der Waals surface area contributed by atoms with Crippen LogP contribution in [0.2, 0.25) is 0 Å². The van der Waals surface area contributed by atoms with Crippen LogP contribution in [0.25, 0.3) is 79.2 Å². The fourth-order valence-electron chi connectivity index (χ4n) is 5.40. The van der Waals surface area contributed by atoms with Gasteiger partial charge >= 0.3 is 0 Å². The number of hydrogen-bond donors (Lipinski definition) is 0. The summed E-state index contributed by atoms with van der Waals surface area (Å²) in [5.41, 5.74) is 10.2. The molecule has 0 atom stereocenters. The maximum absolute atomic E-state index is 6.03. The summed E-state index contributed by atoms with van der Waals surface area (Å²) in [4.78, 5) is 0. The first kappa shape index (κ1) is 27.2. The van der Waals surface area contributed by atoms with Crippen LogP contribution < -0.4 is 0 Å². The Kier molecular flexibility index (Phi) is 7.05. The molecule has 0 fully saturated rings. The third kappa shape index (κ3) is 5.51. The van der Waals surface area contributed by atoms with Gasteiger partial charge in [-0.15, -0.1) is 20.4 Å². The molecule has 218 valence electrons. The molecule has 6 aromatic carbocycles. The zero-order valence-electron chi connectivity index (χ0n) is 24.6. The van der Waals surface area contributed by atoms with Crippen molar-refractivity contribution in [2.75, 3.05) is 0 Å². The maximum atomic E-state index is 6.03. The Morgan fingerprint density at radius 1 is 0.217 bits per heavy atom. The van der Waals surface area contributed by atoms with Crippen molar-refractivity contribution in [3.63, 3.8) is 0 Å². The van der Waals surface area contributed by atoms with Crippen molar-refractivity contribution >= 4 is 0 Å². The van der Waals surface area contributed by atoms with E-state index < -0.39 is 0 Å². The summed E-state index contributed by atoms with van der Waals surface area (Å²) in [6, 6.07) is 53.0. The first-order valence-electron chi connectivity index (χ1n) is 15.0. The van der Waals surface area contributed by atoms with Crippen LogP contribution in [0, 0.1) is 0 Å². The number of benzene rings is 6. The predicted molar refractivity (Wildman–Crippen MR) is 180 cm³/mol. The lowest BCUT2D eigenvalue weighted by atomic mass is 10.0. The number of hydrogen-bond acceptors (Lipinski definition) is 6. The van der Waals surface area contributed by atoms with Gasteiger partial charge in [-0.25, -0.2) is 0 Å². The Morgan fingerprint density at radius 2 is 0.413 bits per heavy atom. The molecule has 0 aliphatic rings. The SMILES string of the molecule is c1ccc(-c2ccc(-c3nnc(-c4ccc(-c5ccc(-c6nnc(-c7ccc(-c8ccccc8)cc7)o6)cc5)cc4)o3)cc2)cc1. The van der Waals surface area contributed by atoms with Crippen molar-refractivity contribution in [3.05, 3.63) is 158 Å². The highest BCUT2D eigenvalue weighted by molar-refractivity contribution is 5.72. The number of aromatic nitrogens is 4. The zero-order valence-corrected chi connectivity index (χ0v) is 24.6. The van der Waals surface area contributed by atoms with Crippen LogP contribution in [0.1, 0.15) is 0 Å². The van der Waals surface area contributed by atoms with Crippen LogP contribution in [0.15, 0.2) is 167 Å². The van der Waals surface area contributed by atoms with Gasteiger partial charge in [-0.2, -0.15) is 0 Å². The summed E-state index contributed by atoms with van der Waals surface area (Å²) in [6.07, 6.45) is 0. The Bertz CT molecular complexity index is 2040. The van der Waals surface area contributed by atoms with Crippen LogP contribution in [-0.2, 0) is 0 Å². The molecule has 0 bridgehead atoms. The van der Waals surface area contributed by atoms with E-state index in [0.717, 1.165) is 44.5 Å². The highest BCUT2D eigenvalue weighted by Crippen LogP contribution is 2.31. The molecule has 8 rings (SSSR count). The molecular formula is C40H26N4O2. The second-order valence-electron chi connectivity index (χ2n) is 10.9. The van der Waals surface area contributed by atoms with Crippen molar-refractivity contribution in [1.82, 2.24) is 20.4 Å². The third-order valence-corrected chi connectivity index (χ3v) is 7.92. The number of nitrogens with zero attached hydrogens (tertiary/aromatic N) is 4. The fourth-order valence-corrected chi connectivity index (χ4v) is 5.40. The summed E-state index contributed by atoms with van der Waals surface area (Å²) in [6.45, 7) is 0. The van der Waals surface area contributed by atoms with E-state index >= 15 is 0 Å². The number of rotatable bonds is 7. The fraction of sp³-hybridized carbons (Fsp3) is 0. The van der Waals surface area contributed by atoms with Crippen LogP contribution >= 0.6 is 0 Å². The molecule has 0 unspecified atom stereocenters. The molecule has 2 heterocycles. The van der Waals surface area contributed by atoms with Gasteiger partial charge in [-0.3, -0.25) is 0 Å². The standard InChI is InChI=1S/C40H26N4O2/c1-3-7-27(8-4-1)29-11-19-33(20-12-29)37-41-43-39(45-37)35-23-15-31(16-24-35)32-17-25-36(26-18-32)40-44-42-38(46-40)34-21-13-30(14-22-34)28-9-5-2-6-10-28/h1-26H. The van der Waals surface area contributed by atoms with E-state index in [4.69, 9.17) is 8.83 Å². The zero-order chi connectivity index (χ0) is 30.7. The highest BCUT2D eigenvalue weighted by Gasteiger charge is 2.13. The Morgan fingerprint density at radius 3 is 0.652 bits per heavy atom. The molecule has 8 aromatic rings. The normalized spacial score (nSPS) is 11.0. The van der Waals surface area contributed by atoms with E-state index in [9.17, 15) is 0 Å². The lowest BCUT2D eigenvalue weighted by molar-refractivity contribution is 0.584. The largest absolute Gasteiger partial charge is 0.416 e. The van der Waals surface area contributed by atoms with E-state index in [1.54, 1.807) is 0 Å². The van der Waals surface area contributed by atoms with E-state index in [-0.39, 0.29) is 0 Å². The van der Waals surface area contributed by atoms with E-state index in [1.165, 1.54) is 11.1 Å². The predicted octanol–water partition coefficient (Wildman–Crippen LogP) is 10.1. The van der Waals surface area contributed by atoms with E-state index in [2.05, 4.69) is 68.9 Å². The van der Waals surface area contributed by atoms with Crippen molar-refractivity contribution in [3.8, 4) is 79.2 Å². The van der Waals surface area contributed by atoms with Gasteiger partial charge in [0.2, 0.25) is 23.6 Å². The topological polar surface area (TPSA) is 77.8 Å². The van der Waals surface area contributed by atoms with Gasteiger partial charge in [0.15, 0.2) is 0 Å². The van der Waals surface area contributed by atoms with Crippen LogP contribution in [0.5, 0.6) is 0 Å². The Labute approximate surface area is 265 Å². The smallest absolute Gasteiger partial charge is 0.248 e. The summed E-state index contributed by atoms with van der Waals surface area (Å²) >= 11 is 0. The van der Waals surface area contributed by atoms with Crippen molar-refractivity contribution in [2.45, 2.75) is 0 Å². The highest BCUT2D eigenvalue weighted by atomic mass is 16.4. The first-order valence-corrected chi connectivity index (χ1v) is 15.0. The monoisotopic (exact) mass is 594 g/mol. The molecule has 0 amide bonds. The minimum absolute atomic E-state index is 0.478. The molecule has 0 spiro atoms. The Balaban J connectivity index is 0.943. The molecule has 0 aliphatic heterocycles. The molecule has 0 radical (unpaired) electrons. The average Bonchev–Trinajstić information content (AvgIpc) is 3.84. The van der Waals surface area contributed by atoms with Crippen LogP contribution in [0.3, 0.4) is 0 Å². The molecule has 0 saturated heterocycles. The minimum atomic E-state index is 0.478. The minimum Gasteiger partial charge on any atom is -0.416 e. The quantitative estimate of drug-likeness (QED) is 0.183. The second-order valence-corrected chi connectivity index (χ2v) is 10.9. The Hall–Kier alpha value is -6.40.